The summed E-state index contributed by atoms with van der Waals surface area (Å²) in [6.45, 7) is 2.21. The van der Waals surface area contributed by atoms with Gasteiger partial charge in [-0.2, -0.15) is 0 Å². The number of carbonyl (C=O) groups excluding carboxylic acids is 2. The summed E-state index contributed by atoms with van der Waals surface area (Å²) in [5.41, 5.74) is 1.56. The van der Waals surface area contributed by atoms with E-state index in [0.717, 1.165) is 18.6 Å². The number of hydrogen-bond donors (Lipinski definition) is 2. The molecular formula is C29H34ClN3O5. The highest BCUT2D eigenvalue weighted by molar-refractivity contribution is 6.30. The molecule has 0 saturated heterocycles. The van der Waals surface area contributed by atoms with Gasteiger partial charge < -0.3 is 25.0 Å². The standard InChI is InChI=1S/C29H34ClN3O5/c1-19-25(28(35)36)26(21-8-6-9-22(30)18-21)33(29(37)31-19)17-7-16-32(2)27(34)20-12-14-24(15-13-20)38-23-10-4-3-5-11-23/h6,8-9,12-15,18,23,26H,3-5,7,10-11,16-17H2,1-2H3,(H,31,37)(H,35,36). The van der Waals surface area contributed by atoms with Gasteiger partial charge in [0.05, 0.1) is 17.7 Å². The molecule has 0 spiro atoms. The molecule has 1 aliphatic heterocycles. The van der Waals surface area contributed by atoms with E-state index in [4.69, 9.17) is 16.3 Å². The van der Waals surface area contributed by atoms with Gasteiger partial charge in [-0.05, 0) is 81.0 Å². The van der Waals surface area contributed by atoms with Gasteiger partial charge in [0.25, 0.3) is 5.91 Å². The number of carboxylic acid groups (broad SMARTS) is 1. The largest absolute Gasteiger partial charge is 0.490 e. The van der Waals surface area contributed by atoms with E-state index in [1.165, 1.54) is 24.2 Å². The summed E-state index contributed by atoms with van der Waals surface area (Å²) in [6.07, 6.45) is 6.50. The van der Waals surface area contributed by atoms with E-state index in [2.05, 4.69) is 5.32 Å². The predicted molar refractivity (Wildman–Crippen MR) is 145 cm³/mol. The maximum absolute atomic E-state index is 13.0. The zero-order chi connectivity index (χ0) is 27.2. The van der Waals surface area contributed by atoms with E-state index in [1.54, 1.807) is 55.3 Å². The predicted octanol–water partition coefficient (Wildman–Crippen LogP) is 5.64. The van der Waals surface area contributed by atoms with Crippen molar-refractivity contribution < 1.29 is 24.2 Å². The number of nitrogens with zero attached hydrogens (tertiary/aromatic N) is 2. The molecular weight excluding hydrogens is 506 g/mol. The van der Waals surface area contributed by atoms with Crippen molar-refractivity contribution in [1.29, 1.82) is 0 Å². The quantitative estimate of drug-likeness (QED) is 0.429. The molecule has 0 aromatic heterocycles. The van der Waals surface area contributed by atoms with E-state index in [0.29, 0.717) is 34.8 Å². The SMILES string of the molecule is CC1=C(C(=O)O)C(c2cccc(Cl)c2)N(CCCN(C)C(=O)c2ccc(OC3CCCCC3)cc2)C(=O)N1. The van der Waals surface area contributed by atoms with E-state index in [9.17, 15) is 19.5 Å². The third kappa shape index (κ3) is 6.48. The van der Waals surface area contributed by atoms with Crippen LogP contribution >= 0.6 is 11.6 Å². The summed E-state index contributed by atoms with van der Waals surface area (Å²) in [5, 5.41) is 13.0. The van der Waals surface area contributed by atoms with Crippen LogP contribution in [-0.4, -0.2) is 59.1 Å². The average molecular weight is 540 g/mol. The second-order valence-electron chi connectivity index (χ2n) is 9.91. The second kappa shape index (κ2) is 12.3. The van der Waals surface area contributed by atoms with Gasteiger partial charge >= 0.3 is 12.0 Å². The van der Waals surface area contributed by atoms with E-state index in [1.807, 2.05) is 12.1 Å². The number of nitrogens with one attached hydrogen (secondary N) is 1. The van der Waals surface area contributed by atoms with Gasteiger partial charge in [0.1, 0.15) is 5.75 Å². The van der Waals surface area contributed by atoms with Crippen LogP contribution in [-0.2, 0) is 4.79 Å². The van der Waals surface area contributed by atoms with Crippen LogP contribution in [0.4, 0.5) is 4.79 Å². The molecule has 1 heterocycles. The number of rotatable bonds is 9. The highest BCUT2D eigenvalue weighted by Gasteiger charge is 2.37. The third-order valence-corrected chi connectivity index (χ3v) is 7.37. The molecule has 1 saturated carbocycles. The van der Waals surface area contributed by atoms with Gasteiger partial charge in [0, 0.05) is 36.4 Å². The minimum Gasteiger partial charge on any atom is -0.490 e. The summed E-state index contributed by atoms with van der Waals surface area (Å²) in [7, 11) is 1.71. The van der Waals surface area contributed by atoms with Gasteiger partial charge in [0.2, 0.25) is 0 Å². The topological polar surface area (TPSA) is 99.2 Å². The molecule has 2 aliphatic rings. The lowest BCUT2D eigenvalue weighted by Gasteiger charge is -2.37. The number of carboxylic acids is 1. The Morgan fingerprint density at radius 3 is 2.50 bits per heavy atom. The molecule has 8 nitrogen and oxygen atoms in total. The molecule has 0 radical (unpaired) electrons. The molecule has 2 aromatic carbocycles. The minimum atomic E-state index is -1.11. The number of allylic oxidation sites excluding steroid dienone is 1. The van der Waals surface area contributed by atoms with Crippen molar-refractivity contribution in [2.75, 3.05) is 20.1 Å². The van der Waals surface area contributed by atoms with Crippen molar-refractivity contribution in [3.05, 3.63) is 76.0 Å². The van der Waals surface area contributed by atoms with Crippen LogP contribution in [0.15, 0.2) is 59.8 Å². The van der Waals surface area contributed by atoms with E-state index < -0.39 is 12.0 Å². The van der Waals surface area contributed by atoms with Crippen molar-refractivity contribution in [1.82, 2.24) is 15.1 Å². The molecule has 1 aliphatic carbocycles. The Labute approximate surface area is 228 Å². The van der Waals surface area contributed by atoms with Gasteiger partial charge in [0.15, 0.2) is 0 Å². The first-order valence-corrected chi connectivity index (χ1v) is 13.4. The van der Waals surface area contributed by atoms with Crippen LogP contribution in [0.2, 0.25) is 5.02 Å². The Morgan fingerprint density at radius 2 is 1.84 bits per heavy atom. The van der Waals surface area contributed by atoms with Crippen molar-refractivity contribution in [3.8, 4) is 5.75 Å². The lowest BCUT2D eigenvalue weighted by molar-refractivity contribution is -0.133. The number of hydrogen-bond acceptors (Lipinski definition) is 4. The van der Waals surface area contributed by atoms with Crippen LogP contribution in [0, 0.1) is 0 Å². The van der Waals surface area contributed by atoms with Crippen LogP contribution in [0.25, 0.3) is 0 Å². The monoisotopic (exact) mass is 539 g/mol. The van der Waals surface area contributed by atoms with Crippen LogP contribution in [0.1, 0.15) is 67.4 Å². The molecule has 4 rings (SSSR count). The van der Waals surface area contributed by atoms with Gasteiger partial charge in [-0.25, -0.2) is 9.59 Å². The number of urea groups is 1. The highest BCUT2D eigenvalue weighted by Crippen LogP contribution is 2.35. The van der Waals surface area contributed by atoms with Gasteiger partial charge in [-0.1, -0.05) is 30.2 Å². The Hall–Kier alpha value is -3.52. The maximum atomic E-state index is 13.0. The first kappa shape index (κ1) is 27.5. The smallest absolute Gasteiger partial charge is 0.335 e. The number of carbonyl (C=O) groups is 3. The maximum Gasteiger partial charge on any atom is 0.335 e. The lowest BCUT2D eigenvalue weighted by atomic mass is 9.93. The molecule has 0 bridgehead atoms. The number of ether oxygens (including phenoxy) is 1. The summed E-state index contributed by atoms with van der Waals surface area (Å²) in [6, 6.07) is 12.9. The molecule has 38 heavy (non-hydrogen) atoms. The fourth-order valence-corrected chi connectivity index (χ4v) is 5.36. The number of amides is 3. The zero-order valence-electron chi connectivity index (χ0n) is 21.8. The lowest BCUT2D eigenvalue weighted by Crippen LogP contribution is -2.49. The summed E-state index contributed by atoms with van der Waals surface area (Å²) in [5.74, 6) is -0.469. The number of halogens is 1. The molecule has 2 aromatic rings. The normalized spacial score (nSPS) is 18.2. The zero-order valence-corrected chi connectivity index (χ0v) is 22.5. The minimum absolute atomic E-state index is 0.0897. The third-order valence-electron chi connectivity index (χ3n) is 7.13. The average Bonchev–Trinajstić information content (AvgIpc) is 2.90. The first-order chi connectivity index (χ1) is 18.2. The highest BCUT2D eigenvalue weighted by atomic mass is 35.5. The Morgan fingerprint density at radius 1 is 1.13 bits per heavy atom. The molecule has 1 unspecified atom stereocenters. The van der Waals surface area contributed by atoms with Crippen molar-refractivity contribution in [2.24, 2.45) is 0 Å². The molecule has 202 valence electrons. The van der Waals surface area contributed by atoms with Gasteiger partial charge in [-0.15, -0.1) is 0 Å². The number of benzene rings is 2. The van der Waals surface area contributed by atoms with Crippen molar-refractivity contribution in [3.63, 3.8) is 0 Å². The summed E-state index contributed by atoms with van der Waals surface area (Å²) >= 11 is 6.17. The molecule has 2 N–H and O–H groups in total. The molecule has 1 atom stereocenters. The first-order valence-electron chi connectivity index (χ1n) is 13.0. The van der Waals surface area contributed by atoms with Crippen LogP contribution < -0.4 is 10.1 Å². The fraction of sp³-hybridized carbons (Fsp3) is 0.414. The Bertz CT molecular complexity index is 1210. The van der Waals surface area contributed by atoms with Gasteiger partial charge in [-0.3, -0.25) is 4.79 Å². The van der Waals surface area contributed by atoms with Crippen molar-refractivity contribution >= 4 is 29.5 Å². The molecule has 1 fully saturated rings. The second-order valence-corrected chi connectivity index (χ2v) is 10.3. The van der Waals surface area contributed by atoms with Crippen LogP contribution in [0.3, 0.4) is 0 Å². The summed E-state index contributed by atoms with van der Waals surface area (Å²) in [4.78, 5) is 41.1. The van der Waals surface area contributed by atoms with Crippen molar-refractivity contribution in [2.45, 2.75) is 57.6 Å². The Kier molecular flexibility index (Phi) is 8.94. The Balaban J connectivity index is 1.39. The fourth-order valence-electron chi connectivity index (χ4n) is 5.16. The van der Waals surface area contributed by atoms with E-state index >= 15 is 0 Å². The van der Waals surface area contributed by atoms with E-state index in [-0.39, 0.29) is 30.2 Å². The summed E-state index contributed by atoms with van der Waals surface area (Å²) < 4.78 is 6.06. The number of aliphatic carboxylic acids is 1. The van der Waals surface area contributed by atoms with Crippen LogP contribution in [0.5, 0.6) is 5.75 Å². The molecule has 9 heteroatoms. The molecule has 3 amide bonds.